The van der Waals surface area contributed by atoms with Crippen LogP contribution in [-0.2, 0) is 33.3 Å². The fourth-order valence-electron chi connectivity index (χ4n) is 7.90. The van der Waals surface area contributed by atoms with E-state index in [4.69, 9.17) is 18.9 Å². The van der Waals surface area contributed by atoms with Crippen LogP contribution < -0.4 is 5.32 Å². The highest BCUT2D eigenvalue weighted by Crippen LogP contribution is 2.16. The van der Waals surface area contributed by atoms with Crippen molar-refractivity contribution < 1.29 is 33.3 Å². The molecule has 0 radical (unpaired) electrons. The molecule has 0 aliphatic carbocycles. The zero-order valence-electron chi connectivity index (χ0n) is 38.5. The van der Waals surface area contributed by atoms with Crippen LogP contribution in [0.4, 0.5) is 0 Å². The van der Waals surface area contributed by atoms with Gasteiger partial charge in [-0.05, 0) is 12.8 Å². The Hall–Kier alpha value is -1.71. The number of esters is 2. The monoisotopic (exact) mass is 823 g/mol. The molecule has 9 nitrogen and oxygen atoms in total. The lowest BCUT2D eigenvalue weighted by Crippen LogP contribution is -2.56. The highest BCUT2D eigenvalue weighted by molar-refractivity contribution is 5.81. The van der Waals surface area contributed by atoms with Crippen LogP contribution in [0.25, 0.3) is 0 Å². The van der Waals surface area contributed by atoms with Gasteiger partial charge in [-0.3, -0.25) is 19.3 Å². The van der Waals surface area contributed by atoms with E-state index in [-0.39, 0.29) is 43.3 Å². The molecule has 1 saturated heterocycles. The summed E-state index contributed by atoms with van der Waals surface area (Å²) in [7, 11) is 1.64. The lowest BCUT2D eigenvalue weighted by molar-refractivity contribution is -0.146. The summed E-state index contributed by atoms with van der Waals surface area (Å²) in [6.07, 6.45) is 41.5. The zero-order chi connectivity index (χ0) is 42.0. The molecule has 0 saturated carbocycles. The quantitative estimate of drug-likeness (QED) is 0.0478. The molecule has 0 aromatic rings. The van der Waals surface area contributed by atoms with Gasteiger partial charge in [0.05, 0.1) is 51.9 Å². The molecule has 0 spiro atoms. The van der Waals surface area contributed by atoms with Gasteiger partial charge >= 0.3 is 11.9 Å². The molecule has 1 rings (SSSR count). The van der Waals surface area contributed by atoms with Gasteiger partial charge in [0.25, 0.3) is 0 Å². The van der Waals surface area contributed by atoms with Crippen LogP contribution in [0.1, 0.15) is 232 Å². The van der Waals surface area contributed by atoms with Crippen LogP contribution in [0.15, 0.2) is 0 Å². The largest absolute Gasteiger partial charge is 0.466 e. The van der Waals surface area contributed by atoms with E-state index < -0.39 is 6.04 Å². The summed E-state index contributed by atoms with van der Waals surface area (Å²) in [6.45, 7) is 7.92. The van der Waals surface area contributed by atoms with Crippen molar-refractivity contribution in [3.8, 4) is 0 Å². The SMILES string of the molecule is CCCCCCCCCCCCCCCCCCOC(=O)CC(CC(=O)OCCCCCCCCCCCCCCCCCC)NC(=O)CN1CC(OCCOC)C1. The maximum absolute atomic E-state index is 12.9. The van der Waals surface area contributed by atoms with Gasteiger partial charge < -0.3 is 24.3 Å². The molecule has 1 aliphatic rings. The fourth-order valence-corrected chi connectivity index (χ4v) is 7.90. The Balaban J connectivity index is 2.21. The number of hydrogen-bond donors (Lipinski definition) is 1. The lowest BCUT2D eigenvalue weighted by Gasteiger charge is -2.38. The van der Waals surface area contributed by atoms with Crippen molar-refractivity contribution in [2.75, 3.05) is 53.2 Å². The summed E-state index contributed by atoms with van der Waals surface area (Å²) in [5.74, 6) is -0.976. The standard InChI is InChI=1S/C49H94N2O7/c1-4-6-8-10-12-14-16-18-20-22-24-26-28-30-32-34-36-57-48(53)40-45(50-47(52)44-51-42-46(43-51)56-39-38-55-3)41-49(54)58-37-35-33-31-29-27-25-23-21-19-17-15-13-11-9-7-5-2/h45-46H,4-44H2,1-3H3,(H,50,52). The minimum atomic E-state index is -0.654. The maximum Gasteiger partial charge on any atom is 0.307 e. The first-order valence-corrected chi connectivity index (χ1v) is 24.9. The van der Waals surface area contributed by atoms with Crippen LogP contribution in [0.5, 0.6) is 0 Å². The maximum atomic E-state index is 12.9. The van der Waals surface area contributed by atoms with E-state index in [1.54, 1.807) is 7.11 Å². The van der Waals surface area contributed by atoms with Crippen molar-refractivity contribution >= 4 is 17.8 Å². The van der Waals surface area contributed by atoms with Gasteiger partial charge in [0, 0.05) is 26.2 Å². The number of unbranched alkanes of at least 4 members (excludes halogenated alkanes) is 30. The summed E-state index contributed by atoms with van der Waals surface area (Å²) in [5.41, 5.74) is 0. The minimum Gasteiger partial charge on any atom is -0.466 e. The van der Waals surface area contributed by atoms with E-state index >= 15 is 0 Å². The Morgan fingerprint density at radius 3 is 1.14 bits per heavy atom. The molecule has 0 aromatic carbocycles. The second-order valence-corrected chi connectivity index (χ2v) is 17.4. The van der Waals surface area contributed by atoms with Crippen molar-refractivity contribution in [3.63, 3.8) is 0 Å². The number of hydrogen-bond acceptors (Lipinski definition) is 8. The fraction of sp³-hybridized carbons (Fsp3) is 0.939. The van der Waals surface area contributed by atoms with Crippen LogP contribution in [0.2, 0.25) is 0 Å². The molecule has 1 N–H and O–H groups in total. The molecule has 0 bridgehead atoms. The number of carbonyl (C=O) groups excluding carboxylic acids is 3. The molecule has 0 unspecified atom stereocenters. The lowest BCUT2D eigenvalue weighted by atomic mass is 10.0. The summed E-state index contributed by atoms with van der Waals surface area (Å²) >= 11 is 0. The van der Waals surface area contributed by atoms with Crippen molar-refractivity contribution in [2.45, 2.75) is 244 Å². The topological polar surface area (TPSA) is 103 Å². The van der Waals surface area contributed by atoms with Crippen LogP contribution in [0, 0.1) is 0 Å². The van der Waals surface area contributed by atoms with E-state index in [1.807, 2.05) is 4.90 Å². The Morgan fingerprint density at radius 2 is 0.810 bits per heavy atom. The predicted molar refractivity (Wildman–Crippen MR) is 240 cm³/mol. The number of nitrogens with zero attached hydrogens (tertiary/aromatic N) is 1. The predicted octanol–water partition coefficient (Wildman–Crippen LogP) is 12.2. The highest BCUT2D eigenvalue weighted by Gasteiger charge is 2.30. The van der Waals surface area contributed by atoms with Gasteiger partial charge in [-0.15, -0.1) is 0 Å². The number of carbonyl (C=O) groups is 3. The number of ether oxygens (including phenoxy) is 4. The molecule has 9 heteroatoms. The smallest absolute Gasteiger partial charge is 0.307 e. The van der Waals surface area contributed by atoms with Crippen molar-refractivity contribution in [3.05, 3.63) is 0 Å². The molecular weight excluding hydrogens is 729 g/mol. The summed E-state index contributed by atoms with van der Waals surface area (Å²) in [4.78, 5) is 40.5. The van der Waals surface area contributed by atoms with Crippen molar-refractivity contribution in [2.24, 2.45) is 0 Å². The summed E-state index contributed by atoms with van der Waals surface area (Å²) in [5, 5.41) is 2.92. The molecular formula is C49H94N2O7. The Labute approximate surface area is 357 Å². The Morgan fingerprint density at radius 1 is 0.483 bits per heavy atom. The van der Waals surface area contributed by atoms with E-state index in [0.29, 0.717) is 39.5 Å². The summed E-state index contributed by atoms with van der Waals surface area (Å²) < 4.78 is 21.8. The third-order valence-corrected chi connectivity index (χ3v) is 11.6. The average Bonchev–Trinajstić information content (AvgIpc) is 3.19. The minimum absolute atomic E-state index is 0.0402. The summed E-state index contributed by atoms with van der Waals surface area (Å²) in [6, 6.07) is -0.654. The third kappa shape index (κ3) is 36.2. The number of methoxy groups -OCH3 is 1. The van der Waals surface area contributed by atoms with Gasteiger partial charge in [-0.1, -0.05) is 206 Å². The normalized spacial score (nSPS) is 13.2. The highest BCUT2D eigenvalue weighted by atomic mass is 16.5. The first kappa shape index (κ1) is 54.3. The van der Waals surface area contributed by atoms with Gasteiger partial charge in [0.1, 0.15) is 0 Å². The first-order chi connectivity index (χ1) is 28.5. The number of rotatable bonds is 45. The van der Waals surface area contributed by atoms with Crippen LogP contribution in [-0.4, -0.2) is 88.1 Å². The van der Waals surface area contributed by atoms with Gasteiger partial charge in [-0.25, -0.2) is 0 Å². The average molecular weight is 823 g/mol. The van der Waals surface area contributed by atoms with Gasteiger partial charge in [-0.2, -0.15) is 0 Å². The van der Waals surface area contributed by atoms with E-state index in [9.17, 15) is 14.4 Å². The second kappa shape index (κ2) is 42.0. The number of amides is 1. The van der Waals surface area contributed by atoms with Crippen LogP contribution >= 0.6 is 0 Å². The van der Waals surface area contributed by atoms with Crippen molar-refractivity contribution in [1.29, 1.82) is 0 Å². The zero-order valence-corrected chi connectivity index (χ0v) is 38.5. The molecule has 58 heavy (non-hydrogen) atoms. The number of likely N-dealkylation sites (tertiary alicyclic amines) is 1. The molecule has 0 aromatic heterocycles. The van der Waals surface area contributed by atoms with Gasteiger partial charge in [0.15, 0.2) is 0 Å². The third-order valence-electron chi connectivity index (χ3n) is 11.6. The molecule has 1 heterocycles. The molecule has 0 atom stereocenters. The molecule has 342 valence electrons. The molecule has 1 fully saturated rings. The first-order valence-electron chi connectivity index (χ1n) is 24.9. The molecule has 1 amide bonds. The van der Waals surface area contributed by atoms with E-state index in [1.165, 1.54) is 167 Å². The van der Waals surface area contributed by atoms with E-state index in [2.05, 4.69) is 19.2 Å². The number of nitrogens with one attached hydrogen (secondary N) is 1. The van der Waals surface area contributed by atoms with Crippen molar-refractivity contribution in [1.82, 2.24) is 10.2 Å². The van der Waals surface area contributed by atoms with E-state index in [0.717, 1.165) is 38.5 Å². The van der Waals surface area contributed by atoms with Crippen LogP contribution in [0.3, 0.4) is 0 Å². The molecule has 1 aliphatic heterocycles. The Bertz CT molecular complexity index is 877. The Kier molecular flexibility index (Phi) is 39.3. The second-order valence-electron chi connectivity index (χ2n) is 17.4. The van der Waals surface area contributed by atoms with Gasteiger partial charge in [0.2, 0.25) is 5.91 Å².